The molecule has 0 spiro atoms. The number of rotatable bonds is 10. The molecule has 2 atom stereocenters. The standard InChI is InChI=1S/C24H27F5N8O4/c1-13-19(35-41-34-13)20(38)33-15(3-4-22(5-6-22)24(27,28)29)16-9-37-18(32-16)7-14(8-31-37)17(10-40-2)36-12-23(25,26)11-30-21(36)39/h7-9,15,17H,3-6,10-12H2,1-2H3,(H,30,39)(H,33,38)/t15-,17+/m0/s1. The van der Waals surface area contributed by atoms with Gasteiger partial charge in [-0.3, -0.25) is 4.79 Å². The Bertz CT molecular complexity index is 1440. The maximum absolute atomic E-state index is 14.1. The summed E-state index contributed by atoms with van der Waals surface area (Å²) in [6.07, 6.45) is -1.87. The smallest absolute Gasteiger partial charge is 0.382 e. The third-order valence-corrected chi connectivity index (χ3v) is 7.50. The molecule has 1 saturated heterocycles. The van der Waals surface area contributed by atoms with E-state index in [0.717, 1.165) is 4.90 Å². The minimum atomic E-state index is -4.38. The number of aromatic nitrogens is 5. The lowest BCUT2D eigenvalue weighted by Gasteiger charge is -2.38. The molecule has 2 fully saturated rings. The summed E-state index contributed by atoms with van der Waals surface area (Å²) in [5.74, 6) is -3.86. The van der Waals surface area contributed by atoms with E-state index in [2.05, 4.69) is 35.7 Å². The van der Waals surface area contributed by atoms with E-state index in [-0.39, 0.29) is 55.0 Å². The summed E-state index contributed by atoms with van der Waals surface area (Å²) in [5.41, 5.74) is -0.929. The number of hydrogen-bond donors (Lipinski definition) is 2. The number of urea groups is 1. The van der Waals surface area contributed by atoms with Crippen LogP contribution in [0.5, 0.6) is 0 Å². The third-order valence-electron chi connectivity index (χ3n) is 7.50. The van der Waals surface area contributed by atoms with Crippen molar-refractivity contribution in [2.75, 3.05) is 26.8 Å². The predicted molar refractivity (Wildman–Crippen MR) is 129 cm³/mol. The SMILES string of the molecule is COC[C@H](c1cnn2cc([C@H](CCC3(C(F)(F)F)CC3)NC(=O)c3nonc3C)nc2c1)N1CC(F)(F)CNC1=O. The zero-order valence-corrected chi connectivity index (χ0v) is 22.0. The normalized spacial score (nSPS) is 19.6. The molecule has 12 nitrogen and oxygen atoms in total. The maximum atomic E-state index is 14.1. The quantitative estimate of drug-likeness (QED) is 0.345. The molecular formula is C24H27F5N8O4. The molecule has 0 bridgehead atoms. The molecule has 1 aliphatic heterocycles. The summed E-state index contributed by atoms with van der Waals surface area (Å²) in [6.45, 7) is -0.231. The molecule has 0 aromatic carbocycles. The van der Waals surface area contributed by atoms with Crippen molar-refractivity contribution in [3.63, 3.8) is 0 Å². The summed E-state index contributed by atoms with van der Waals surface area (Å²) in [6, 6.07) is -1.06. The summed E-state index contributed by atoms with van der Waals surface area (Å²) in [7, 11) is 1.36. The predicted octanol–water partition coefficient (Wildman–Crippen LogP) is 3.36. The van der Waals surface area contributed by atoms with Crippen LogP contribution in [0.3, 0.4) is 0 Å². The second-order valence-electron chi connectivity index (χ2n) is 10.4. The summed E-state index contributed by atoms with van der Waals surface area (Å²) in [4.78, 5) is 30.7. The number of carbonyl (C=O) groups excluding carboxylic acids is 2. The third kappa shape index (κ3) is 5.80. The minimum absolute atomic E-state index is 0.00354. The van der Waals surface area contributed by atoms with E-state index in [9.17, 15) is 31.5 Å². The van der Waals surface area contributed by atoms with E-state index in [1.54, 1.807) is 0 Å². The average molecular weight is 587 g/mol. The maximum Gasteiger partial charge on any atom is 0.394 e. The highest BCUT2D eigenvalue weighted by atomic mass is 19.4. The van der Waals surface area contributed by atoms with E-state index in [0.29, 0.717) is 5.56 Å². The van der Waals surface area contributed by atoms with Crippen molar-refractivity contribution in [3.05, 3.63) is 41.1 Å². The first kappa shape index (κ1) is 28.6. The van der Waals surface area contributed by atoms with Gasteiger partial charge in [0.1, 0.15) is 5.69 Å². The van der Waals surface area contributed by atoms with E-state index < -0.39 is 54.6 Å². The Balaban J connectivity index is 1.44. The molecule has 2 N–H and O–H groups in total. The molecule has 41 heavy (non-hydrogen) atoms. The van der Waals surface area contributed by atoms with Gasteiger partial charge in [-0.2, -0.15) is 18.3 Å². The summed E-state index contributed by atoms with van der Waals surface area (Å²) in [5, 5.41) is 16.2. The molecule has 1 saturated carbocycles. The fourth-order valence-corrected chi connectivity index (χ4v) is 4.92. The van der Waals surface area contributed by atoms with Crippen LogP contribution in [-0.2, 0) is 4.74 Å². The van der Waals surface area contributed by atoms with Gasteiger partial charge >= 0.3 is 12.2 Å². The van der Waals surface area contributed by atoms with Crippen LogP contribution in [0.15, 0.2) is 23.1 Å². The number of fused-ring (bicyclic) bond motifs is 1. The van der Waals surface area contributed by atoms with Crippen LogP contribution in [0.25, 0.3) is 5.65 Å². The Morgan fingerprint density at radius 2 is 2.05 bits per heavy atom. The Labute approximate surface area is 229 Å². The lowest BCUT2D eigenvalue weighted by molar-refractivity contribution is -0.189. The van der Waals surface area contributed by atoms with Crippen molar-refractivity contribution in [2.24, 2.45) is 5.41 Å². The lowest BCUT2D eigenvalue weighted by atomic mass is 9.95. The number of halogens is 5. The van der Waals surface area contributed by atoms with Gasteiger partial charge in [0.05, 0.1) is 55.3 Å². The average Bonchev–Trinajstić information content (AvgIpc) is 3.41. The molecule has 4 heterocycles. The number of hydrogen-bond acceptors (Lipinski definition) is 8. The summed E-state index contributed by atoms with van der Waals surface area (Å²) < 4.78 is 80.2. The van der Waals surface area contributed by atoms with Gasteiger partial charge in [-0.25, -0.2) is 27.7 Å². The molecular weight excluding hydrogens is 559 g/mol. The molecule has 1 aliphatic carbocycles. The number of methoxy groups -OCH3 is 1. The van der Waals surface area contributed by atoms with Crippen LogP contribution in [0.1, 0.15) is 65.2 Å². The Hall–Kier alpha value is -3.89. The number of carbonyl (C=O) groups is 2. The molecule has 17 heteroatoms. The van der Waals surface area contributed by atoms with Gasteiger partial charge in [-0.15, -0.1) is 0 Å². The first-order valence-electron chi connectivity index (χ1n) is 12.8. The number of nitrogens with one attached hydrogen (secondary N) is 2. The van der Waals surface area contributed by atoms with Crippen molar-refractivity contribution < 1.29 is 40.9 Å². The first-order valence-corrected chi connectivity index (χ1v) is 12.8. The van der Waals surface area contributed by atoms with Crippen molar-refractivity contribution in [2.45, 2.75) is 56.8 Å². The van der Waals surface area contributed by atoms with Gasteiger partial charge < -0.3 is 20.3 Å². The van der Waals surface area contributed by atoms with Gasteiger partial charge in [0.2, 0.25) is 0 Å². The second kappa shape index (κ2) is 10.5. The summed E-state index contributed by atoms with van der Waals surface area (Å²) >= 11 is 0. The van der Waals surface area contributed by atoms with Crippen LogP contribution in [0.2, 0.25) is 0 Å². The highest BCUT2D eigenvalue weighted by Gasteiger charge is 2.62. The molecule has 0 unspecified atom stereocenters. The lowest BCUT2D eigenvalue weighted by Crippen LogP contribution is -2.58. The zero-order valence-electron chi connectivity index (χ0n) is 22.0. The largest absolute Gasteiger partial charge is 0.394 e. The molecule has 3 amide bonds. The first-order chi connectivity index (χ1) is 19.3. The van der Waals surface area contributed by atoms with Crippen molar-refractivity contribution >= 4 is 17.6 Å². The van der Waals surface area contributed by atoms with E-state index in [4.69, 9.17) is 4.74 Å². The van der Waals surface area contributed by atoms with Gasteiger partial charge in [0, 0.05) is 12.7 Å². The second-order valence-corrected chi connectivity index (χ2v) is 10.4. The molecule has 2 aliphatic rings. The van der Waals surface area contributed by atoms with Gasteiger partial charge in [-0.1, -0.05) is 5.16 Å². The van der Waals surface area contributed by atoms with Crippen LogP contribution in [0.4, 0.5) is 26.7 Å². The van der Waals surface area contributed by atoms with Crippen molar-refractivity contribution in [3.8, 4) is 0 Å². The number of ether oxygens (including phenoxy) is 1. The van der Waals surface area contributed by atoms with Gasteiger partial charge in [0.15, 0.2) is 11.3 Å². The topological polar surface area (TPSA) is 140 Å². The van der Waals surface area contributed by atoms with Gasteiger partial charge in [-0.05, 0) is 43.8 Å². The fraction of sp³-hybridized carbons (Fsp3) is 0.583. The highest BCUT2D eigenvalue weighted by molar-refractivity contribution is 5.93. The molecule has 222 valence electrons. The number of amides is 3. The fourth-order valence-electron chi connectivity index (χ4n) is 4.92. The Morgan fingerprint density at radius 3 is 2.68 bits per heavy atom. The van der Waals surface area contributed by atoms with Crippen LogP contribution in [0, 0.1) is 12.3 Å². The zero-order chi connectivity index (χ0) is 29.6. The van der Waals surface area contributed by atoms with Crippen LogP contribution < -0.4 is 10.6 Å². The number of aryl methyl sites for hydroxylation is 1. The van der Waals surface area contributed by atoms with Crippen molar-refractivity contribution in [1.82, 2.24) is 40.4 Å². The molecule has 3 aromatic heterocycles. The Morgan fingerprint density at radius 1 is 1.29 bits per heavy atom. The Kier molecular flexibility index (Phi) is 7.33. The molecule has 0 radical (unpaired) electrons. The number of imidazole rings is 1. The number of nitrogens with zero attached hydrogens (tertiary/aromatic N) is 6. The highest BCUT2D eigenvalue weighted by Crippen LogP contribution is 2.61. The van der Waals surface area contributed by atoms with E-state index in [1.807, 2.05) is 0 Å². The van der Waals surface area contributed by atoms with Gasteiger partial charge in [0.25, 0.3) is 11.8 Å². The molecule has 3 aromatic rings. The van der Waals surface area contributed by atoms with E-state index in [1.165, 1.54) is 37.0 Å². The van der Waals surface area contributed by atoms with Crippen LogP contribution in [-0.4, -0.2) is 80.7 Å². The monoisotopic (exact) mass is 586 g/mol. The van der Waals surface area contributed by atoms with E-state index >= 15 is 0 Å². The van der Waals surface area contributed by atoms with Crippen LogP contribution >= 0.6 is 0 Å². The molecule has 5 rings (SSSR count). The van der Waals surface area contributed by atoms with Crippen molar-refractivity contribution in [1.29, 1.82) is 0 Å². The minimum Gasteiger partial charge on any atom is -0.382 e. The number of alkyl halides is 5.